The third-order valence-corrected chi connectivity index (χ3v) is 3.05. The number of hydrogen-bond acceptors (Lipinski definition) is 3. The summed E-state index contributed by atoms with van der Waals surface area (Å²) in [5.74, 6) is 1.01. The van der Waals surface area contributed by atoms with Crippen molar-refractivity contribution in [2.75, 3.05) is 7.11 Å². The zero-order valence-electron chi connectivity index (χ0n) is 12.2. The Bertz CT molecular complexity index is 584. The Balaban J connectivity index is 1.90. The van der Waals surface area contributed by atoms with Crippen molar-refractivity contribution >= 4 is 5.91 Å². The molecule has 21 heavy (non-hydrogen) atoms. The van der Waals surface area contributed by atoms with Gasteiger partial charge in [-0.05, 0) is 24.6 Å². The number of rotatable bonds is 6. The molecule has 4 nitrogen and oxygen atoms in total. The number of benzene rings is 2. The molecule has 0 bridgehead atoms. The van der Waals surface area contributed by atoms with Gasteiger partial charge >= 0.3 is 0 Å². The van der Waals surface area contributed by atoms with E-state index in [4.69, 9.17) is 9.47 Å². The Morgan fingerprint density at radius 2 is 1.67 bits per heavy atom. The molecule has 0 aliphatic carbocycles. The molecule has 0 unspecified atom stereocenters. The lowest BCUT2D eigenvalue weighted by molar-refractivity contribution is -0.127. The molecule has 1 atom stereocenters. The summed E-state index contributed by atoms with van der Waals surface area (Å²) in [5.41, 5.74) is 1.05. The molecule has 2 aromatic carbocycles. The molecule has 0 saturated carbocycles. The second-order valence-corrected chi connectivity index (χ2v) is 4.61. The fourth-order valence-electron chi connectivity index (χ4n) is 1.89. The van der Waals surface area contributed by atoms with E-state index in [1.807, 2.05) is 42.5 Å². The fourth-order valence-corrected chi connectivity index (χ4v) is 1.89. The highest BCUT2D eigenvalue weighted by molar-refractivity contribution is 5.80. The molecule has 4 heteroatoms. The average Bonchev–Trinajstić information content (AvgIpc) is 2.54. The minimum atomic E-state index is -0.593. The number of carbonyl (C=O) groups excluding carboxylic acids is 1. The van der Waals surface area contributed by atoms with Gasteiger partial charge in [-0.15, -0.1) is 0 Å². The Morgan fingerprint density at radius 1 is 1.05 bits per heavy atom. The molecule has 0 fully saturated rings. The zero-order chi connectivity index (χ0) is 15.1. The molecule has 0 spiro atoms. The Hall–Kier alpha value is -2.49. The summed E-state index contributed by atoms with van der Waals surface area (Å²) in [7, 11) is 1.57. The summed E-state index contributed by atoms with van der Waals surface area (Å²) in [5, 5.41) is 2.85. The van der Waals surface area contributed by atoms with Gasteiger partial charge in [0.25, 0.3) is 5.91 Å². The van der Waals surface area contributed by atoms with E-state index in [9.17, 15) is 4.79 Å². The minimum absolute atomic E-state index is 0.162. The number of hydrogen-bond donors (Lipinski definition) is 1. The second kappa shape index (κ2) is 7.33. The highest BCUT2D eigenvalue weighted by Crippen LogP contribution is 2.26. The van der Waals surface area contributed by atoms with Crippen LogP contribution in [-0.2, 0) is 11.3 Å². The van der Waals surface area contributed by atoms with Crippen LogP contribution in [0, 0.1) is 0 Å². The van der Waals surface area contributed by atoms with Gasteiger partial charge in [-0.1, -0.05) is 42.5 Å². The molecule has 2 rings (SSSR count). The monoisotopic (exact) mass is 285 g/mol. The molecule has 0 radical (unpaired) electrons. The van der Waals surface area contributed by atoms with E-state index < -0.39 is 6.10 Å². The third kappa shape index (κ3) is 4.24. The lowest BCUT2D eigenvalue weighted by atomic mass is 10.2. The van der Waals surface area contributed by atoms with Crippen LogP contribution in [0.2, 0.25) is 0 Å². The quantitative estimate of drug-likeness (QED) is 0.887. The van der Waals surface area contributed by atoms with Gasteiger partial charge in [-0.2, -0.15) is 0 Å². The van der Waals surface area contributed by atoms with Crippen molar-refractivity contribution in [3.63, 3.8) is 0 Å². The molecular weight excluding hydrogens is 266 g/mol. The van der Waals surface area contributed by atoms with Crippen LogP contribution >= 0.6 is 0 Å². The van der Waals surface area contributed by atoms with Crippen molar-refractivity contribution in [2.45, 2.75) is 19.6 Å². The molecule has 1 amide bonds. The highest BCUT2D eigenvalue weighted by Gasteiger charge is 2.16. The molecule has 0 aliphatic rings. The zero-order valence-corrected chi connectivity index (χ0v) is 12.2. The van der Waals surface area contributed by atoms with Crippen molar-refractivity contribution in [3.05, 3.63) is 60.2 Å². The predicted molar refractivity (Wildman–Crippen MR) is 81.4 cm³/mol. The molecule has 0 saturated heterocycles. The summed E-state index contributed by atoms with van der Waals surface area (Å²) in [6, 6.07) is 17.0. The number of para-hydroxylation sites is 2. The van der Waals surface area contributed by atoms with Gasteiger partial charge in [0.05, 0.1) is 7.11 Å². The van der Waals surface area contributed by atoms with E-state index in [0.29, 0.717) is 18.0 Å². The van der Waals surface area contributed by atoms with E-state index in [2.05, 4.69) is 5.32 Å². The highest BCUT2D eigenvalue weighted by atomic mass is 16.5. The summed E-state index contributed by atoms with van der Waals surface area (Å²) in [6.07, 6.45) is -0.593. The van der Waals surface area contributed by atoms with Gasteiger partial charge in [-0.25, -0.2) is 0 Å². The van der Waals surface area contributed by atoms with Crippen molar-refractivity contribution in [1.82, 2.24) is 5.32 Å². The SMILES string of the molecule is COc1ccccc1O[C@@H](C)C(=O)NCc1ccccc1. The van der Waals surface area contributed by atoms with E-state index in [0.717, 1.165) is 5.56 Å². The van der Waals surface area contributed by atoms with Crippen LogP contribution in [0.1, 0.15) is 12.5 Å². The van der Waals surface area contributed by atoms with E-state index in [-0.39, 0.29) is 5.91 Å². The van der Waals surface area contributed by atoms with Crippen molar-refractivity contribution in [3.8, 4) is 11.5 Å². The van der Waals surface area contributed by atoms with Gasteiger partial charge in [-0.3, -0.25) is 4.79 Å². The molecule has 0 heterocycles. The normalized spacial score (nSPS) is 11.5. The van der Waals surface area contributed by atoms with Gasteiger partial charge in [0, 0.05) is 6.54 Å². The standard InChI is InChI=1S/C17H19NO3/c1-13(21-16-11-7-6-10-15(16)20-2)17(19)18-12-14-8-4-3-5-9-14/h3-11,13H,12H2,1-2H3,(H,18,19)/t13-/m0/s1. The van der Waals surface area contributed by atoms with Gasteiger partial charge < -0.3 is 14.8 Å². The smallest absolute Gasteiger partial charge is 0.261 e. The van der Waals surface area contributed by atoms with Crippen LogP contribution in [0.25, 0.3) is 0 Å². The second-order valence-electron chi connectivity index (χ2n) is 4.61. The predicted octanol–water partition coefficient (Wildman–Crippen LogP) is 2.78. The molecule has 0 aromatic heterocycles. The number of ether oxygens (including phenoxy) is 2. The summed E-state index contributed by atoms with van der Waals surface area (Å²) in [4.78, 5) is 12.0. The van der Waals surface area contributed by atoms with E-state index in [1.165, 1.54) is 0 Å². The van der Waals surface area contributed by atoms with Gasteiger partial charge in [0.2, 0.25) is 0 Å². The topological polar surface area (TPSA) is 47.6 Å². The van der Waals surface area contributed by atoms with E-state index >= 15 is 0 Å². The first-order valence-electron chi connectivity index (χ1n) is 6.82. The Kier molecular flexibility index (Phi) is 5.21. The van der Waals surface area contributed by atoms with Crippen molar-refractivity contribution < 1.29 is 14.3 Å². The summed E-state index contributed by atoms with van der Waals surface area (Å²) in [6.45, 7) is 2.20. The Labute approximate surface area is 124 Å². The first-order chi connectivity index (χ1) is 10.2. The number of carbonyl (C=O) groups is 1. The largest absolute Gasteiger partial charge is 0.493 e. The van der Waals surface area contributed by atoms with Gasteiger partial charge in [0.1, 0.15) is 0 Å². The number of nitrogens with one attached hydrogen (secondary N) is 1. The maximum atomic E-state index is 12.0. The fraction of sp³-hybridized carbons (Fsp3) is 0.235. The summed E-state index contributed by atoms with van der Waals surface area (Å²) < 4.78 is 10.8. The molecule has 2 aromatic rings. The van der Waals surface area contributed by atoms with Crippen LogP contribution in [-0.4, -0.2) is 19.1 Å². The first kappa shape index (κ1) is 14.9. The average molecular weight is 285 g/mol. The van der Waals surface area contributed by atoms with Crippen LogP contribution in [0.4, 0.5) is 0 Å². The molecule has 110 valence electrons. The van der Waals surface area contributed by atoms with Crippen LogP contribution in [0.15, 0.2) is 54.6 Å². The van der Waals surface area contributed by atoms with Gasteiger partial charge in [0.15, 0.2) is 17.6 Å². The maximum absolute atomic E-state index is 12.0. The molecular formula is C17H19NO3. The number of amides is 1. The summed E-state index contributed by atoms with van der Waals surface area (Å²) >= 11 is 0. The van der Waals surface area contributed by atoms with Crippen LogP contribution in [0.5, 0.6) is 11.5 Å². The molecule has 0 aliphatic heterocycles. The maximum Gasteiger partial charge on any atom is 0.261 e. The third-order valence-electron chi connectivity index (χ3n) is 3.05. The van der Waals surface area contributed by atoms with Crippen LogP contribution < -0.4 is 14.8 Å². The van der Waals surface area contributed by atoms with Crippen molar-refractivity contribution in [2.24, 2.45) is 0 Å². The van der Waals surface area contributed by atoms with Crippen molar-refractivity contribution in [1.29, 1.82) is 0 Å². The van der Waals surface area contributed by atoms with Crippen LogP contribution in [0.3, 0.4) is 0 Å². The number of methoxy groups -OCH3 is 1. The molecule has 1 N–H and O–H groups in total. The van der Waals surface area contributed by atoms with E-state index in [1.54, 1.807) is 26.2 Å². The first-order valence-corrected chi connectivity index (χ1v) is 6.82. The minimum Gasteiger partial charge on any atom is -0.493 e. The lowest BCUT2D eigenvalue weighted by Crippen LogP contribution is -2.35. The lowest BCUT2D eigenvalue weighted by Gasteiger charge is -2.16. The Morgan fingerprint density at radius 3 is 2.33 bits per heavy atom.